The maximum absolute atomic E-state index is 3.52. The molecule has 90 valence electrons. The van der Waals surface area contributed by atoms with Crippen molar-refractivity contribution < 1.29 is 0 Å². The van der Waals surface area contributed by atoms with Crippen molar-refractivity contribution >= 4 is 0 Å². The van der Waals surface area contributed by atoms with Crippen LogP contribution < -0.4 is 5.32 Å². The molecule has 0 aromatic rings. The standard InChI is InChI=1S/C13H28N2/c1-3-9-14-10-8-13-7-5-6-12-15(13)11-4-2/h13-14H,3-12H2,1-2H3/t13-/m1/s1. The Kier molecular flexibility index (Phi) is 7.03. The molecule has 2 nitrogen and oxygen atoms in total. The van der Waals surface area contributed by atoms with E-state index >= 15 is 0 Å². The summed E-state index contributed by atoms with van der Waals surface area (Å²) in [7, 11) is 0. The summed E-state index contributed by atoms with van der Waals surface area (Å²) in [5, 5.41) is 3.52. The minimum atomic E-state index is 0.864. The molecule has 1 N–H and O–H groups in total. The Labute approximate surface area is 95.4 Å². The first-order valence-electron chi connectivity index (χ1n) is 6.83. The third-order valence-corrected chi connectivity index (χ3v) is 3.34. The molecule has 2 heteroatoms. The van der Waals surface area contributed by atoms with Crippen LogP contribution in [0.1, 0.15) is 52.4 Å². The Morgan fingerprint density at radius 2 is 2.00 bits per heavy atom. The van der Waals surface area contributed by atoms with Crippen LogP contribution in [0.2, 0.25) is 0 Å². The van der Waals surface area contributed by atoms with E-state index in [2.05, 4.69) is 24.1 Å². The van der Waals surface area contributed by atoms with Gasteiger partial charge in [-0.05, 0) is 58.3 Å². The van der Waals surface area contributed by atoms with Crippen LogP contribution in [0.3, 0.4) is 0 Å². The molecule has 0 saturated carbocycles. The van der Waals surface area contributed by atoms with E-state index < -0.39 is 0 Å². The number of nitrogens with zero attached hydrogens (tertiary/aromatic N) is 1. The van der Waals surface area contributed by atoms with Crippen LogP contribution in [0.5, 0.6) is 0 Å². The Bertz CT molecular complexity index is 145. The average molecular weight is 212 g/mol. The SMILES string of the molecule is CCCNCC[C@H]1CCCCN1CCC. The molecular weight excluding hydrogens is 184 g/mol. The Hall–Kier alpha value is -0.0800. The number of nitrogens with one attached hydrogen (secondary N) is 1. The van der Waals surface area contributed by atoms with Gasteiger partial charge >= 0.3 is 0 Å². The molecule has 0 unspecified atom stereocenters. The molecule has 0 radical (unpaired) electrons. The maximum Gasteiger partial charge on any atom is 0.0107 e. The Morgan fingerprint density at radius 1 is 1.13 bits per heavy atom. The van der Waals surface area contributed by atoms with Gasteiger partial charge in [0.1, 0.15) is 0 Å². The molecule has 0 spiro atoms. The molecule has 1 atom stereocenters. The fraction of sp³-hybridized carbons (Fsp3) is 1.00. The molecule has 0 bridgehead atoms. The molecule has 1 aliphatic rings. The molecule has 1 aliphatic heterocycles. The summed E-state index contributed by atoms with van der Waals surface area (Å²) in [6.45, 7) is 9.56. The van der Waals surface area contributed by atoms with Crippen LogP contribution in [0, 0.1) is 0 Å². The van der Waals surface area contributed by atoms with Crippen LogP contribution in [-0.2, 0) is 0 Å². The van der Waals surface area contributed by atoms with Gasteiger partial charge in [0.2, 0.25) is 0 Å². The van der Waals surface area contributed by atoms with Gasteiger partial charge < -0.3 is 10.2 Å². The summed E-state index contributed by atoms with van der Waals surface area (Å²) in [6, 6.07) is 0.864. The van der Waals surface area contributed by atoms with Crippen LogP contribution in [0.25, 0.3) is 0 Å². The van der Waals surface area contributed by atoms with Gasteiger partial charge in [0.05, 0.1) is 0 Å². The number of piperidine rings is 1. The van der Waals surface area contributed by atoms with E-state index in [4.69, 9.17) is 0 Å². The first-order valence-corrected chi connectivity index (χ1v) is 6.83. The summed E-state index contributed by atoms with van der Waals surface area (Å²) in [5.41, 5.74) is 0. The van der Waals surface area contributed by atoms with Crippen molar-refractivity contribution in [3.8, 4) is 0 Å². The van der Waals surface area contributed by atoms with Gasteiger partial charge in [0.15, 0.2) is 0 Å². The van der Waals surface area contributed by atoms with Crippen LogP contribution in [-0.4, -0.2) is 37.1 Å². The fourth-order valence-corrected chi connectivity index (χ4v) is 2.54. The number of rotatable bonds is 7. The minimum Gasteiger partial charge on any atom is -0.317 e. The zero-order valence-electron chi connectivity index (χ0n) is 10.6. The van der Waals surface area contributed by atoms with Gasteiger partial charge in [0.25, 0.3) is 0 Å². The van der Waals surface area contributed by atoms with E-state index in [1.165, 1.54) is 64.7 Å². The summed E-state index contributed by atoms with van der Waals surface area (Å²) in [6.07, 6.45) is 8.19. The molecule has 1 saturated heterocycles. The molecule has 1 fully saturated rings. The number of hydrogen-bond acceptors (Lipinski definition) is 2. The van der Waals surface area contributed by atoms with Gasteiger partial charge in [0, 0.05) is 6.04 Å². The second-order valence-corrected chi connectivity index (χ2v) is 4.72. The Balaban J connectivity index is 2.17. The van der Waals surface area contributed by atoms with Gasteiger partial charge in [-0.15, -0.1) is 0 Å². The molecular formula is C13H28N2. The topological polar surface area (TPSA) is 15.3 Å². The second-order valence-electron chi connectivity index (χ2n) is 4.72. The van der Waals surface area contributed by atoms with Gasteiger partial charge in [-0.3, -0.25) is 0 Å². The average Bonchev–Trinajstić information content (AvgIpc) is 2.27. The summed E-state index contributed by atoms with van der Waals surface area (Å²) in [5.74, 6) is 0. The second kappa shape index (κ2) is 8.12. The highest BCUT2D eigenvalue weighted by atomic mass is 15.2. The van der Waals surface area contributed by atoms with Gasteiger partial charge in [-0.1, -0.05) is 20.3 Å². The molecule has 15 heavy (non-hydrogen) atoms. The van der Waals surface area contributed by atoms with Crippen LogP contribution in [0.15, 0.2) is 0 Å². The molecule has 0 aliphatic carbocycles. The smallest absolute Gasteiger partial charge is 0.0107 e. The summed E-state index contributed by atoms with van der Waals surface area (Å²) in [4.78, 5) is 2.71. The summed E-state index contributed by atoms with van der Waals surface area (Å²) < 4.78 is 0. The largest absolute Gasteiger partial charge is 0.317 e. The fourth-order valence-electron chi connectivity index (χ4n) is 2.54. The van der Waals surface area contributed by atoms with Crippen molar-refractivity contribution in [1.82, 2.24) is 10.2 Å². The van der Waals surface area contributed by atoms with E-state index in [-0.39, 0.29) is 0 Å². The Morgan fingerprint density at radius 3 is 2.73 bits per heavy atom. The minimum absolute atomic E-state index is 0.864. The first kappa shape index (κ1) is 13.0. The van der Waals surface area contributed by atoms with E-state index in [0.717, 1.165) is 6.04 Å². The highest BCUT2D eigenvalue weighted by Gasteiger charge is 2.20. The van der Waals surface area contributed by atoms with E-state index in [1.807, 2.05) is 0 Å². The maximum atomic E-state index is 3.52. The van der Waals surface area contributed by atoms with Crippen molar-refractivity contribution in [2.24, 2.45) is 0 Å². The van der Waals surface area contributed by atoms with Gasteiger partial charge in [-0.2, -0.15) is 0 Å². The zero-order chi connectivity index (χ0) is 10.9. The van der Waals surface area contributed by atoms with Gasteiger partial charge in [-0.25, -0.2) is 0 Å². The lowest BCUT2D eigenvalue weighted by Crippen LogP contribution is -2.41. The predicted octanol–water partition coefficient (Wildman–Crippen LogP) is 2.64. The number of likely N-dealkylation sites (tertiary alicyclic amines) is 1. The van der Waals surface area contributed by atoms with E-state index in [1.54, 1.807) is 0 Å². The van der Waals surface area contributed by atoms with Crippen molar-refractivity contribution in [1.29, 1.82) is 0 Å². The molecule has 0 aromatic carbocycles. The highest BCUT2D eigenvalue weighted by molar-refractivity contribution is 4.77. The van der Waals surface area contributed by atoms with Crippen molar-refractivity contribution in [3.63, 3.8) is 0 Å². The third kappa shape index (κ3) is 4.98. The first-order chi connectivity index (χ1) is 7.38. The molecule has 0 aromatic heterocycles. The quantitative estimate of drug-likeness (QED) is 0.653. The van der Waals surface area contributed by atoms with Crippen LogP contribution in [0.4, 0.5) is 0 Å². The third-order valence-electron chi connectivity index (χ3n) is 3.34. The molecule has 1 heterocycles. The van der Waals surface area contributed by atoms with E-state index in [9.17, 15) is 0 Å². The lowest BCUT2D eigenvalue weighted by Gasteiger charge is -2.35. The normalized spacial score (nSPS) is 23.2. The number of hydrogen-bond donors (Lipinski definition) is 1. The zero-order valence-corrected chi connectivity index (χ0v) is 10.6. The summed E-state index contributed by atoms with van der Waals surface area (Å²) >= 11 is 0. The predicted molar refractivity (Wildman–Crippen MR) is 67.3 cm³/mol. The monoisotopic (exact) mass is 212 g/mol. The van der Waals surface area contributed by atoms with Crippen molar-refractivity contribution in [2.45, 2.75) is 58.4 Å². The van der Waals surface area contributed by atoms with Crippen molar-refractivity contribution in [3.05, 3.63) is 0 Å². The van der Waals surface area contributed by atoms with Crippen molar-refractivity contribution in [2.75, 3.05) is 26.2 Å². The lowest BCUT2D eigenvalue weighted by molar-refractivity contribution is 0.140. The lowest BCUT2D eigenvalue weighted by atomic mass is 9.99. The van der Waals surface area contributed by atoms with E-state index in [0.29, 0.717) is 0 Å². The molecule has 1 rings (SSSR count). The highest BCUT2D eigenvalue weighted by Crippen LogP contribution is 2.19. The van der Waals surface area contributed by atoms with Crippen LogP contribution >= 0.6 is 0 Å². The molecule has 0 amide bonds.